The van der Waals surface area contributed by atoms with Crippen LogP contribution in [0, 0.1) is 0 Å². The van der Waals surface area contributed by atoms with Crippen molar-refractivity contribution >= 4 is 0 Å². The van der Waals surface area contributed by atoms with Crippen molar-refractivity contribution in [2.24, 2.45) is 0 Å². The average Bonchev–Trinajstić information content (AvgIpc) is 2.42. The van der Waals surface area contributed by atoms with Gasteiger partial charge in [-0.3, -0.25) is 0 Å². The number of hydrogen-bond acceptors (Lipinski definition) is 2. The van der Waals surface area contributed by atoms with Gasteiger partial charge < -0.3 is 10.2 Å². The van der Waals surface area contributed by atoms with E-state index in [2.05, 4.69) is 13.8 Å². The molecule has 2 rings (SSSR count). The van der Waals surface area contributed by atoms with Crippen molar-refractivity contribution < 1.29 is 10.2 Å². The van der Waals surface area contributed by atoms with Crippen LogP contribution in [0.1, 0.15) is 37.8 Å². The minimum Gasteiger partial charge on any atom is -0.508 e. The van der Waals surface area contributed by atoms with Crippen molar-refractivity contribution in [3.63, 3.8) is 0 Å². The van der Waals surface area contributed by atoms with Crippen LogP contribution in [0.3, 0.4) is 0 Å². The number of phenols is 2. The highest BCUT2D eigenvalue weighted by Gasteiger charge is 2.26. The maximum absolute atomic E-state index is 9.44. The predicted molar refractivity (Wildman–Crippen MR) is 82.2 cm³/mol. The van der Waals surface area contributed by atoms with E-state index in [1.807, 2.05) is 24.3 Å². The largest absolute Gasteiger partial charge is 0.508 e. The molecule has 2 aromatic rings. The maximum Gasteiger partial charge on any atom is 0.115 e. The van der Waals surface area contributed by atoms with E-state index in [0.717, 1.165) is 19.3 Å². The fourth-order valence-electron chi connectivity index (χ4n) is 2.81. The highest BCUT2D eigenvalue weighted by Crippen LogP contribution is 2.34. The zero-order valence-corrected chi connectivity index (χ0v) is 12.1. The third-order valence-electron chi connectivity index (χ3n) is 3.90. The molecular formula is C18H22O2. The summed E-state index contributed by atoms with van der Waals surface area (Å²) in [5.41, 5.74) is 2.50. The van der Waals surface area contributed by atoms with Gasteiger partial charge in [0.2, 0.25) is 0 Å². The highest BCUT2D eigenvalue weighted by molar-refractivity contribution is 5.34. The molecule has 2 nitrogen and oxygen atoms in total. The first-order valence-electron chi connectivity index (χ1n) is 7.11. The van der Waals surface area contributed by atoms with E-state index < -0.39 is 0 Å². The second-order valence-electron chi connectivity index (χ2n) is 5.70. The van der Waals surface area contributed by atoms with Gasteiger partial charge in [0.25, 0.3) is 0 Å². The first-order valence-corrected chi connectivity index (χ1v) is 7.11. The average molecular weight is 270 g/mol. The summed E-state index contributed by atoms with van der Waals surface area (Å²) in [6.45, 7) is 4.45. The van der Waals surface area contributed by atoms with Crippen LogP contribution < -0.4 is 0 Å². The first kappa shape index (κ1) is 14.4. The molecule has 0 heterocycles. The Bertz CT molecular complexity index is 543. The molecule has 0 amide bonds. The van der Waals surface area contributed by atoms with Gasteiger partial charge in [0.05, 0.1) is 0 Å². The van der Waals surface area contributed by atoms with E-state index in [9.17, 15) is 10.2 Å². The molecule has 2 heteroatoms. The van der Waals surface area contributed by atoms with E-state index in [0.29, 0.717) is 11.5 Å². The fraction of sp³-hybridized carbons (Fsp3) is 0.333. The Morgan fingerprint density at radius 3 is 1.85 bits per heavy atom. The van der Waals surface area contributed by atoms with Crippen LogP contribution in [0.2, 0.25) is 0 Å². The predicted octanol–water partition coefficient (Wildman–Crippen LogP) is 4.40. The standard InChI is InChI=1S/C18H22O2/c1-3-12-18(2,15-6-10-17(20)11-7-15)13-14-4-8-16(19)9-5-14/h4-11,19-20H,3,12-13H2,1-2H3. The summed E-state index contributed by atoms with van der Waals surface area (Å²) in [5, 5.41) is 18.8. The van der Waals surface area contributed by atoms with Gasteiger partial charge in [-0.25, -0.2) is 0 Å². The minimum atomic E-state index is 0.0411. The number of rotatable bonds is 5. The molecule has 0 aliphatic carbocycles. The van der Waals surface area contributed by atoms with Crippen LogP contribution in [0.25, 0.3) is 0 Å². The van der Waals surface area contributed by atoms with E-state index in [4.69, 9.17) is 0 Å². The van der Waals surface area contributed by atoms with Crippen LogP contribution in [-0.4, -0.2) is 10.2 Å². The highest BCUT2D eigenvalue weighted by atomic mass is 16.3. The lowest BCUT2D eigenvalue weighted by molar-refractivity contribution is 0.422. The molecule has 0 aliphatic heterocycles. The molecular weight excluding hydrogens is 248 g/mol. The molecule has 0 aromatic heterocycles. The third-order valence-corrected chi connectivity index (χ3v) is 3.90. The van der Waals surface area contributed by atoms with Gasteiger partial charge in [-0.2, -0.15) is 0 Å². The van der Waals surface area contributed by atoms with Gasteiger partial charge in [-0.15, -0.1) is 0 Å². The fourth-order valence-corrected chi connectivity index (χ4v) is 2.81. The molecule has 0 radical (unpaired) electrons. The summed E-state index contributed by atoms with van der Waals surface area (Å²) in [6.07, 6.45) is 3.11. The maximum atomic E-state index is 9.44. The molecule has 0 fully saturated rings. The Hall–Kier alpha value is -1.96. The second kappa shape index (κ2) is 6.00. The summed E-state index contributed by atoms with van der Waals surface area (Å²) < 4.78 is 0. The van der Waals surface area contributed by atoms with Crippen molar-refractivity contribution in [3.05, 3.63) is 59.7 Å². The molecule has 0 saturated heterocycles. The molecule has 20 heavy (non-hydrogen) atoms. The van der Waals surface area contributed by atoms with Crippen molar-refractivity contribution in [2.45, 2.75) is 38.5 Å². The van der Waals surface area contributed by atoms with Crippen LogP contribution in [0.4, 0.5) is 0 Å². The first-order chi connectivity index (χ1) is 9.53. The van der Waals surface area contributed by atoms with Gasteiger partial charge in [0, 0.05) is 0 Å². The molecule has 2 N–H and O–H groups in total. The summed E-state index contributed by atoms with van der Waals surface area (Å²) in [6, 6.07) is 14.9. The monoisotopic (exact) mass is 270 g/mol. The molecule has 1 atom stereocenters. The number of phenolic OH excluding ortho intramolecular Hbond substituents is 2. The van der Waals surface area contributed by atoms with Crippen LogP contribution >= 0.6 is 0 Å². The molecule has 1 unspecified atom stereocenters. The Balaban J connectivity index is 2.28. The SMILES string of the molecule is CCCC(C)(Cc1ccc(O)cc1)c1ccc(O)cc1. The lowest BCUT2D eigenvalue weighted by atomic mass is 9.74. The van der Waals surface area contributed by atoms with Crippen LogP contribution in [0.5, 0.6) is 11.5 Å². The Morgan fingerprint density at radius 1 is 0.850 bits per heavy atom. The second-order valence-corrected chi connectivity index (χ2v) is 5.70. The minimum absolute atomic E-state index is 0.0411. The quantitative estimate of drug-likeness (QED) is 0.845. The molecule has 106 valence electrons. The van der Waals surface area contributed by atoms with Gasteiger partial charge in [-0.05, 0) is 53.6 Å². The summed E-state index contributed by atoms with van der Waals surface area (Å²) in [7, 11) is 0. The number of hydrogen-bond donors (Lipinski definition) is 2. The van der Waals surface area contributed by atoms with E-state index >= 15 is 0 Å². The van der Waals surface area contributed by atoms with Crippen molar-refractivity contribution in [2.75, 3.05) is 0 Å². The smallest absolute Gasteiger partial charge is 0.115 e. The third kappa shape index (κ3) is 3.32. The normalized spacial score (nSPS) is 13.9. The van der Waals surface area contributed by atoms with E-state index in [-0.39, 0.29) is 5.41 Å². The van der Waals surface area contributed by atoms with Gasteiger partial charge in [0.1, 0.15) is 11.5 Å². The van der Waals surface area contributed by atoms with Crippen LogP contribution in [0.15, 0.2) is 48.5 Å². The van der Waals surface area contributed by atoms with Crippen LogP contribution in [-0.2, 0) is 11.8 Å². The topological polar surface area (TPSA) is 40.5 Å². The van der Waals surface area contributed by atoms with Gasteiger partial charge in [0.15, 0.2) is 0 Å². The number of benzene rings is 2. The Kier molecular flexibility index (Phi) is 4.33. The molecule has 0 bridgehead atoms. The van der Waals surface area contributed by atoms with Crippen molar-refractivity contribution in [1.29, 1.82) is 0 Å². The molecule has 0 spiro atoms. The summed E-state index contributed by atoms with van der Waals surface area (Å²) in [4.78, 5) is 0. The van der Waals surface area contributed by atoms with Gasteiger partial charge in [-0.1, -0.05) is 44.5 Å². The van der Waals surface area contributed by atoms with Crippen molar-refractivity contribution in [1.82, 2.24) is 0 Å². The van der Waals surface area contributed by atoms with Gasteiger partial charge >= 0.3 is 0 Å². The molecule has 0 aliphatic rings. The lowest BCUT2D eigenvalue weighted by Gasteiger charge is -2.30. The zero-order chi connectivity index (χ0) is 14.6. The van der Waals surface area contributed by atoms with Crippen molar-refractivity contribution in [3.8, 4) is 11.5 Å². The summed E-state index contributed by atoms with van der Waals surface area (Å²) >= 11 is 0. The zero-order valence-electron chi connectivity index (χ0n) is 12.1. The lowest BCUT2D eigenvalue weighted by Crippen LogP contribution is -2.24. The summed E-state index contributed by atoms with van der Waals surface area (Å²) in [5.74, 6) is 0.604. The van der Waals surface area contributed by atoms with E-state index in [1.54, 1.807) is 24.3 Å². The van der Waals surface area contributed by atoms with E-state index in [1.165, 1.54) is 11.1 Å². The molecule has 2 aromatic carbocycles. The molecule has 0 saturated carbocycles. The number of aromatic hydroxyl groups is 2. The Labute approximate surface area is 120 Å². The Morgan fingerprint density at radius 2 is 1.35 bits per heavy atom.